The first kappa shape index (κ1) is 16.6. The second kappa shape index (κ2) is 9.33. The zero-order valence-corrected chi connectivity index (χ0v) is 13.7. The minimum absolute atomic E-state index is 0.658. The molecule has 0 fully saturated rings. The van der Waals surface area contributed by atoms with Crippen LogP contribution in [0, 0.1) is 13.8 Å². The fourth-order valence-corrected chi connectivity index (χ4v) is 2.49. The molecule has 0 N–H and O–H groups in total. The summed E-state index contributed by atoms with van der Waals surface area (Å²) in [4.78, 5) is 0. The van der Waals surface area contributed by atoms with Crippen molar-refractivity contribution in [3.05, 3.63) is 23.6 Å². The average molecular weight is 306 g/mol. The third kappa shape index (κ3) is 6.37. The van der Waals surface area contributed by atoms with Gasteiger partial charge >= 0.3 is 0 Å². The third-order valence-electron chi connectivity index (χ3n) is 3.67. The summed E-state index contributed by atoms with van der Waals surface area (Å²) in [6.07, 6.45) is 11.8. The Labute approximate surface area is 131 Å². The van der Waals surface area contributed by atoms with Crippen LogP contribution in [0.5, 0.6) is 0 Å². The Bertz CT molecular complexity index is 487. The van der Waals surface area contributed by atoms with Gasteiger partial charge in [-0.05, 0) is 12.8 Å². The molecule has 6 nitrogen and oxygen atoms in total. The molecule has 0 bridgehead atoms. The van der Waals surface area contributed by atoms with E-state index in [1.807, 2.05) is 13.8 Å². The summed E-state index contributed by atoms with van der Waals surface area (Å²) in [6, 6.07) is 0. The number of aromatic nitrogens is 4. The minimum atomic E-state index is 0.658. The summed E-state index contributed by atoms with van der Waals surface area (Å²) in [7, 11) is 0. The van der Waals surface area contributed by atoms with Crippen molar-refractivity contribution < 1.29 is 8.83 Å². The van der Waals surface area contributed by atoms with Gasteiger partial charge in [-0.15, -0.1) is 20.4 Å². The normalized spacial score (nSPS) is 11.2. The van der Waals surface area contributed by atoms with Gasteiger partial charge in [-0.2, -0.15) is 0 Å². The van der Waals surface area contributed by atoms with Crippen LogP contribution in [0.3, 0.4) is 0 Å². The summed E-state index contributed by atoms with van der Waals surface area (Å²) < 4.78 is 10.7. The molecule has 0 atom stereocenters. The van der Waals surface area contributed by atoms with Gasteiger partial charge < -0.3 is 8.83 Å². The summed E-state index contributed by atoms with van der Waals surface area (Å²) >= 11 is 0. The van der Waals surface area contributed by atoms with Gasteiger partial charge in [0.05, 0.1) is 0 Å². The Morgan fingerprint density at radius 2 is 0.909 bits per heavy atom. The lowest BCUT2D eigenvalue weighted by atomic mass is 10.1. The molecular formula is C16H26N4O2. The molecule has 0 saturated carbocycles. The van der Waals surface area contributed by atoms with Gasteiger partial charge in [0, 0.05) is 26.7 Å². The van der Waals surface area contributed by atoms with E-state index in [2.05, 4.69) is 20.4 Å². The van der Waals surface area contributed by atoms with Crippen LogP contribution in [0.1, 0.15) is 74.9 Å². The number of hydrogen-bond acceptors (Lipinski definition) is 6. The fraction of sp³-hybridized carbons (Fsp3) is 0.750. The lowest BCUT2D eigenvalue weighted by Crippen LogP contribution is -1.88. The molecule has 0 saturated heterocycles. The second-order valence-corrected chi connectivity index (χ2v) is 5.76. The quantitative estimate of drug-likeness (QED) is 0.584. The van der Waals surface area contributed by atoms with Crippen molar-refractivity contribution in [2.75, 3.05) is 0 Å². The van der Waals surface area contributed by atoms with E-state index in [0.29, 0.717) is 11.8 Å². The van der Waals surface area contributed by atoms with Crippen molar-refractivity contribution in [3.63, 3.8) is 0 Å². The Hall–Kier alpha value is -1.72. The van der Waals surface area contributed by atoms with E-state index in [-0.39, 0.29) is 0 Å². The Morgan fingerprint density at radius 1 is 0.545 bits per heavy atom. The van der Waals surface area contributed by atoms with Gasteiger partial charge in [0.15, 0.2) is 0 Å². The predicted octanol–water partition coefficient (Wildman–Crippen LogP) is 3.98. The Balaban J connectivity index is 1.37. The van der Waals surface area contributed by atoms with Gasteiger partial charge in [-0.25, -0.2) is 0 Å². The van der Waals surface area contributed by atoms with Crippen molar-refractivity contribution in [2.24, 2.45) is 0 Å². The van der Waals surface area contributed by atoms with Crippen molar-refractivity contribution in [2.45, 2.75) is 78.1 Å². The zero-order valence-electron chi connectivity index (χ0n) is 13.7. The molecule has 0 aliphatic rings. The highest BCUT2D eigenvalue weighted by molar-refractivity contribution is 4.79. The highest BCUT2D eigenvalue weighted by atomic mass is 16.4. The van der Waals surface area contributed by atoms with Crippen LogP contribution in [-0.4, -0.2) is 20.4 Å². The SMILES string of the molecule is Cc1nnc(CCCCCCCCCCc2nnc(C)o2)o1. The van der Waals surface area contributed by atoms with Crippen LogP contribution in [0.4, 0.5) is 0 Å². The largest absolute Gasteiger partial charge is 0.426 e. The molecule has 0 aliphatic carbocycles. The van der Waals surface area contributed by atoms with Gasteiger partial charge in [0.25, 0.3) is 0 Å². The lowest BCUT2D eigenvalue weighted by molar-refractivity contribution is 0.450. The molecule has 22 heavy (non-hydrogen) atoms. The molecule has 0 amide bonds. The van der Waals surface area contributed by atoms with Crippen LogP contribution in [0.25, 0.3) is 0 Å². The summed E-state index contributed by atoms with van der Waals surface area (Å²) in [5, 5.41) is 15.7. The van der Waals surface area contributed by atoms with Crippen LogP contribution < -0.4 is 0 Å². The smallest absolute Gasteiger partial charge is 0.216 e. The molecule has 2 aromatic heterocycles. The number of hydrogen-bond donors (Lipinski definition) is 0. The van der Waals surface area contributed by atoms with Crippen LogP contribution in [0.15, 0.2) is 8.83 Å². The number of unbranched alkanes of at least 4 members (excludes halogenated alkanes) is 7. The second-order valence-electron chi connectivity index (χ2n) is 5.76. The Kier molecular flexibility index (Phi) is 7.06. The maximum Gasteiger partial charge on any atom is 0.216 e. The van der Waals surface area contributed by atoms with Gasteiger partial charge in [-0.3, -0.25) is 0 Å². The number of rotatable bonds is 11. The summed E-state index contributed by atoms with van der Waals surface area (Å²) in [5.74, 6) is 2.86. The van der Waals surface area contributed by atoms with Crippen molar-refractivity contribution in [1.29, 1.82) is 0 Å². The molecule has 2 heterocycles. The molecule has 2 rings (SSSR count). The highest BCUT2D eigenvalue weighted by Crippen LogP contribution is 2.12. The molecule has 0 radical (unpaired) electrons. The topological polar surface area (TPSA) is 77.8 Å². The van der Waals surface area contributed by atoms with Gasteiger partial charge in [0.2, 0.25) is 23.6 Å². The first-order valence-electron chi connectivity index (χ1n) is 8.32. The van der Waals surface area contributed by atoms with E-state index >= 15 is 0 Å². The molecule has 122 valence electrons. The van der Waals surface area contributed by atoms with Crippen molar-refractivity contribution in [3.8, 4) is 0 Å². The van der Waals surface area contributed by atoms with E-state index in [1.165, 1.54) is 38.5 Å². The zero-order chi connectivity index (χ0) is 15.6. The first-order chi connectivity index (χ1) is 10.7. The highest BCUT2D eigenvalue weighted by Gasteiger charge is 2.02. The van der Waals surface area contributed by atoms with Crippen molar-refractivity contribution in [1.82, 2.24) is 20.4 Å². The average Bonchev–Trinajstić information content (AvgIpc) is 3.09. The van der Waals surface area contributed by atoms with E-state index in [0.717, 1.165) is 37.5 Å². The minimum Gasteiger partial charge on any atom is -0.426 e. The van der Waals surface area contributed by atoms with Crippen LogP contribution >= 0.6 is 0 Å². The van der Waals surface area contributed by atoms with E-state index in [9.17, 15) is 0 Å². The molecule has 0 unspecified atom stereocenters. The summed E-state index contributed by atoms with van der Waals surface area (Å²) in [6.45, 7) is 3.66. The van der Waals surface area contributed by atoms with Gasteiger partial charge in [0.1, 0.15) is 0 Å². The Morgan fingerprint density at radius 3 is 1.23 bits per heavy atom. The lowest BCUT2D eigenvalue weighted by Gasteiger charge is -2.01. The first-order valence-corrected chi connectivity index (χ1v) is 8.32. The molecule has 0 spiro atoms. The molecule has 0 aliphatic heterocycles. The van der Waals surface area contributed by atoms with Crippen molar-refractivity contribution >= 4 is 0 Å². The molecule has 6 heteroatoms. The van der Waals surface area contributed by atoms with E-state index in [1.54, 1.807) is 0 Å². The van der Waals surface area contributed by atoms with Crippen LogP contribution in [-0.2, 0) is 12.8 Å². The fourth-order valence-electron chi connectivity index (χ4n) is 2.49. The standard InChI is InChI=1S/C16H26N4O2/c1-13-17-19-15(21-13)11-9-7-5-3-4-6-8-10-12-16-20-18-14(2)22-16/h3-12H2,1-2H3. The molecule has 2 aromatic rings. The maximum atomic E-state index is 5.35. The monoisotopic (exact) mass is 306 g/mol. The third-order valence-corrected chi connectivity index (χ3v) is 3.67. The van der Waals surface area contributed by atoms with E-state index in [4.69, 9.17) is 8.83 Å². The molecule has 0 aromatic carbocycles. The maximum absolute atomic E-state index is 5.35. The number of nitrogens with zero attached hydrogens (tertiary/aromatic N) is 4. The van der Waals surface area contributed by atoms with E-state index < -0.39 is 0 Å². The van der Waals surface area contributed by atoms with Crippen LogP contribution in [0.2, 0.25) is 0 Å². The predicted molar refractivity (Wildman–Crippen MR) is 82.4 cm³/mol. The number of aryl methyl sites for hydroxylation is 4. The molecular weight excluding hydrogens is 280 g/mol. The summed E-state index contributed by atoms with van der Waals surface area (Å²) in [5.41, 5.74) is 0. The van der Waals surface area contributed by atoms with Gasteiger partial charge in [-0.1, -0.05) is 38.5 Å².